The first kappa shape index (κ1) is 22.5. The van der Waals surface area contributed by atoms with Crippen LogP contribution in [0, 0.1) is 11.8 Å². The molecule has 0 heterocycles. The van der Waals surface area contributed by atoms with Crippen LogP contribution in [0.3, 0.4) is 0 Å². The Hall–Kier alpha value is -2.66. The smallest absolute Gasteiger partial charge is 0.251 e. The minimum atomic E-state index is -0.0875. The zero-order valence-electron chi connectivity index (χ0n) is 19.6. The van der Waals surface area contributed by atoms with E-state index < -0.39 is 0 Å². The fraction of sp³-hybridized carbons (Fsp3) is 0.481. The Morgan fingerprint density at radius 1 is 1.06 bits per heavy atom. The van der Waals surface area contributed by atoms with E-state index in [-0.39, 0.29) is 29.2 Å². The Bertz CT molecular complexity index is 953. The van der Waals surface area contributed by atoms with Crippen LogP contribution in [0.4, 0.5) is 0 Å². The molecular formula is C27H35N3O2. The van der Waals surface area contributed by atoms with Gasteiger partial charge in [-0.1, -0.05) is 56.3 Å². The number of carbonyl (C=O) groups is 2. The number of carbonyl (C=O) groups excluding carboxylic acids is 2. The first-order chi connectivity index (χ1) is 15.3. The van der Waals surface area contributed by atoms with Crippen LogP contribution < -0.4 is 10.6 Å². The van der Waals surface area contributed by atoms with Crippen molar-refractivity contribution in [1.29, 1.82) is 0 Å². The summed E-state index contributed by atoms with van der Waals surface area (Å²) in [5, 5.41) is 6.24. The van der Waals surface area contributed by atoms with Gasteiger partial charge >= 0.3 is 0 Å². The summed E-state index contributed by atoms with van der Waals surface area (Å²) in [6.45, 7) is 4.97. The fourth-order valence-electron chi connectivity index (χ4n) is 4.79. The lowest BCUT2D eigenvalue weighted by Crippen LogP contribution is -2.42. The molecule has 170 valence electrons. The zero-order chi connectivity index (χ0) is 22.9. The van der Waals surface area contributed by atoms with Crippen LogP contribution in [0.25, 0.3) is 0 Å². The van der Waals surface area contributed by atoms with Gasteiger partial charge in [-0.25, -0.2) is 0 Å². The van der Waals surface area contributed by atoms with Crippen LogP contribution in [0.1, 0.15) is 48.2 Å². The van der Waals surface area contributed by atoms with Crippen LogP contribution in [-0.4, -0.2) is 49.4 Å². The van der Waals surface area contributed by atoms with Crippen molar-refractivity contribution in [3.63, 3.8) is 0 Å². The summed E-state index contributed by atoms with van der Waals surface area (Å²) in [5.74, 6) is 0.493. The van der Waals surface area contributed by atoms with Crippen molar-refractivity contribution in [1.82, 2.24) is 15.5 Å². The first-order valence-electron chi connectivity index (χ1n) is 11.7. The fourth-order valence-corrected chi connectivity index (χ4v) is 4.79. The highest BCUT2D eigenvalue weighted by atomic mass is 16.2. The number of benzene rings is 2. The van der Waals surface area contributed by atoms with Crippen molar-refractivity contribution in [2.45, 2.75) is 50.6 Å². The molecule has 0 saturated heterocycles. The number of nitrogens with one attached hydrogen (secondary N) is 2. The molecule has 32 heavy (non-hydrogen) atoms. The molecule has 4 rings (SSSR count). The molecule has 0 aliphatic heterocycles. The minimum Gasteiger partial charge on any atom is -0.354 e. The average molecular weight is 434 g/mol. The molecule has 2 amide bonds. The number of hydrogen-bond acceptors (Lipinski definition) is 3. The van der Waals surface area contributed by atoms with Gasteiger partial charge in [0.2, 0.25) is 5.91 Å². The largest absolute Gasteiger partial charge is 0.354 e. The quantitative estimate of drug-likeness (QED) is 0.637. The Morgan fingerprint density at radius 3 is 2.31 bits per heavy atom. The van der Waals surface area contributed by atoms with E-state index in [4.69, 9.17) is 0 Å². The van der Waals surface area contributed by atoms with Crippen molar-refractivity contribution in [3.8, 4) is 0 Å². The summed E-state index contributed by atoms with van der Waals surface area (Å²) in [5.41, 5.74) is 3.02. The third kappa shape index (κ3) is 4.73. The molecule has 0 aromatic heterocycles. The molecule has 2 fully saturated rings. The second-order valence-corrected chi connectivity index (χ2v) is 9.93. The molecule has 2 aromatic carbocycles. The van der Waals surface area contributed by atoms with E-state index in [1.165, 1.54) is 5.56 Å². The van der Waals surface area contributed by atoms with Crippen molar-refractivity contribution < 1.29 is 9.59 Å². The summed E-state index contributed by atoms with van der Waals surface area (Å²) in [4.78, 5) is 27.4. The van der Waals surface area contributed by atoms with Gasteiger partial charge < -0.3 is 15.5 Å². The molecule has 2 aromatic rings. The van der Waals surface area contributed by atoms with Crippen LogP contribution in [0.5, 0.6) is 0 Å². The molecule has 2 saturated carbocycles. The summed E-state index contributed by atoms with van der Waals surface area (Å²) in [6.07, 6.45) is 2.99. The third-order valence-corrected chi connectivity index (χ3v) is 7.50. The van der Waals surface area contributed by atoms with Gasteiger partial charge in [-0.3, -0.25) is 9.59 Å². The number of hydrogen-bond donors (Lipinski definition) is 2. The Balaban J connectivity index is 1.33. The molecule has 5 heteroatoms. The number of likely N-dealkylation sites (N-methyl/N-ethyl adjacent to an activating group) is 1. The second kappa shape index (κ2) is 9.07. The minimum absolute atomic E-state index is 0.00971. The third-order valence-electron chi connectivity index (χ3n) is 7.50. The van der Waals surface area contributed by atoms with E-state index >= 15 is 0 Å². The first-order valence-corrected chi connectivity index (χ1v) is 11.7. The SMILES string of the molecule is C[C@H]1[C@@H](C(=O)NC[C@H](Cc2ccc(C(=O)NC3CC3)cc2)N(C)C)C1(C)c1ccccc1. The van der Waals surface area contributed by atoms with Gasteiger partial charge in [-0.05, 0) is 62.5 Å². The van der Waals surface area contributed by atoms with Gasteiger partial charge in [0.1, 0.15) is 0 Å². The van der Waals surface area contributed by atoms with Crippen LogP contribution in [-0.2, 0) is 16.6 Å². The monoisotopic (exact) mass is 433 g/mol. The van der Waals surface area contributed by atoms with Crippen LogP contribution in [0.15, 0.2) is 54.6 Å². The molecule has 0 spiro atoms. The van der Waals surface area contributed by atoms with Gasteiger partial charge in [0, 0.05) is 29.6 Å². The Kier molecular flexibility index (Phi) is 6.38. The molecule has 4 atom stereocenters. The summed E-state index contributed by atoms with van der Waals surface area (Å²) >= 11 is 0. The number of rotatable bonds is 9. The van der Waals surface area contributed by atoms with E-state index in [2.05, 4.69) is 41.5 Å². The van der Waals surface area contributed by atoms with Crippen LogP contribution in [0.2, 0.25) is 0 Å². The van der Waals surface area contributed by atoms with E-state index in [0.29, 0.717) is 24.1 Å². The number of nitrogens with zero attached hydrogens (tertiary/aromatic N) is 1. The van der Waals surface area contributed by atoms with E-state index in [1.807, 2.05) is 56.6 Å². The predicted molar refractivity (Wildman–Crippen MR) is 128 cm³/mol. The summed E-state index contributed by atoms with van der Waals surface area (Å²) in [6, 6.07) is 18.7. The van der Waals surface area contributed by atoms with Gasteiger partial charge in [-0.2, -0.15) is 0 Å². The second-order valence-electron chi connectivity index (χ2n) is 9.93. The Morgan fingerprint density at radius 2 is 1.72 bits per heavy atom. The lowest BCUT2D eigenvalue weighted by molar-refractivity contribution is -0.123. The molecular weight excluding hydrogens is 398 g/mol. The Labute approximate surface area is 191 Å². The predicted octanol–water partition coefficient (Wildman–Crippen LogP) is 3.39. The van der Waals surface area contributed by atoms with Crippen molar-refractivity contribution in [3.05, 3.63) is 71.3 Å². The lowest BCUT2D eigenvalue weighted by Gasteiger charge is -2.25. The molecule has 1 unspecified atom stereocenters. The molecule has 0 bridgehead atoms. The maximum atomic E-state index is 13.0. The highest BCUT2D eigenvalue weighted by Gasteiger charge is 2.62. The van der Waals surface area contributed by atoms with Crippen molar-refractivity contribution in [2.75, 3.05) is 20.6 Å². The van der Waals surface area contributed by atoms with Gasteiger partial charge in [0.15, 0.2) is 0 Å². The highest BCUT2D eigenvalue weighted by molar-refractivity contribution is 5.94. The van der Waals surface area contributed by atoms with E-state index in [1.54, 1.807) is 0 Å². The normalized spacial score (nSPS) is 25.3. The van der Waals surface area contributed by atoms with Gasteiger partial charge in [0.05, 0.1) is 5.92 Å². The standard InChI is InChI=1S/C27H35N3O2/c1-18-24(27(18,2)21-8-6-5-7-9-21)26(32)28-17-23(30(3)4)16-19-10-12-20(13-11-19)25(31)29-22-14-15-22/h5-13,18,22-24H,14-17H2,1-4H3,(H,28,32)(H,29,31)/t18-,23-,24-,27?/m0/s1. The van der Waals surface area contributed by atoms with E-state index in [9.17, 15) is 9.59 Å². The molecule has 2 aliphatic rings. The van der Waals surface area contributed by atoms with E-state index in [0.717, 1.165) is 24.8 Å². The maximum absolute atomic E-state index is 13.0. The molecule has 5 nitrogen and oxygen atoms in total. The maximum Gasteiger partial charge on any atom is 0.251 e. The molecule has 0 radical (unpaired) electrons. The van der Waals surface area contributed by atoms with Crippen LogP contribution >= 0.6 is 0 Å². The molecule has 2 aliphatic carbocycles. The van der Waals surface area contributed by atoms with Crippen molar-refractivity contribution in [2.24, 2.45) is 11.8 Å². The summed E-state index contributed by atoms with van der Waals surface area (Å²) < 4.78 is 0. The lowest BCUT2D eigenvalue weighted by atomic mass is 9.94. The summed E-state index contributed by atoms with van der Waals surface area (Å²) in [7, 11) is 4.09. The van der Waals surface area contributed by atoms with Crippen molar-refractivity contribution >= 4 is 11.8 Å². The van der Waals surface area contributed by atoms with Gasteiger partial charge in [-0.15, -0.1) is 0 Å². The zero-order valence-corrected chi connectivity index (χ0v) is 19.6. The molecule has 2 N–H and O–H groups in total. The highest BCUT2D eigenvalue weighted by Crippen LogP contribution is 2.59. The topological polar surface area (TPSA) is 61.4 Å². The number of amides is 2. The average Bonchev–Trinajstić information content (AvgIpc) is 3.70. The van der Waals surface area contributed by atoms with Gasteiger partial charge in [0.25, 0.3) is 5.91 Å².